The van der Waals surface area contributed by atoms with Crippen LogP contribution in [0.5, 0.6) is 0 Å². The summed E-state index contributed by atoms with van der Waals surface area (Å²) in [6.45, 7) is 0.883. The van der Waals surface area contributed by atoms with Crippen LogP contribution in [0, 0.1) is 0 Å². The molecule has 184 valence electrons. The Morgan fingerprint density at radius 1 is 1.09 bits per heavy atom. The molecule has 0 bridgehead atoms. The van der Waals surface area contributed by atoms with Gasteiger partial charge < -0.3 is 20.5 Å². The number of hydrogen-bond donors (Lipinski definition) is 3. The number of aromatic nitrogens is 3. The van der Waals surface area contributed by atoms with Crippen molar-refractivity contribution in [3.63, 3.8) is 0 Å². The first-order chi connectivity index (χ1) is 16.8. The van der Waals surface area contributed by atoms with E-state index in [0.29, 0.717) is 22.6 Å². The van der Waals surface area contributed by atoms with E-state index in [0.717, 1.165) is 42.6 Å². The van der Waals surface area contributed by atoms with Gasteiger partial charge in [0.15, 0.2) is 0 Å². The molecular formula is C26H29F3N6. The zero-order valence-electron chi connectivity index (χ0n) is 19.5. The maximum atomic E-state index is 13.6. The highest BCUT2D eigenvalue weighted by molar-refractivity contribution is 5.96. The Kier molecular flexibility index (Phi) is 6.29. The van der Waals surface area contributed by atoms with E-state index in [2.05, 4.69) is 27.5 Å². The molecule has 4 aromatic rings. The summed E-state index contributed by atoms with van der Waals surface area (Å²) in [5, 5.41) is 11.6. The number of fused-ring (bicyclic) bond motifs is 1. The average Bonchev–Trinajstić information content (AvgIpc) is 3.46. The van der Waals surface area contributed by atoms with Gasteiger partial charge in [0.25, 0.3) is 0 Å². The van der Waals surface area contributed by atoms with Crippen molar-refractivity contribution >= 4 is 16.6 Å². The molecule has 1 aliphatic rings. The van der Waals surface area contributed by atoms with E-state index in [1.165, 1.54) is 4.57 Å². The van der Waals surface area contributed by atoms with Crippen LogP contribution in [0.2, 0.25) is 0 Å². The number of halogens is 3. The predicted molar refractivity (Wildman–Crippen MR) is 132 cm³/mol. The minimum atomic E-state index is -4.38. The second-order valence-corrected chi connectivity index (χ2v) is 9.29. The number of rotatable bonds is 6. The van der Waals surface area contributed by atoms with Gasteiger partial charge in [-0.1, -0.05) is 36.4 Å². The highest BCUT2D eigenvalue weighted by Gasteiger charge is 2.31. The number of hydrogen-bond acceptors (Lipinski definition) is 4. The summed E-state index contributed by atoms with van der Waals surface area (Å²) < 4.78 is 42.1. The topological polar surface area (TPSA) is 74.9 Å². The number of alkyl halides is 3. The lowest BCUT2D eigenvalue weighted by atomic mass is 10.0. The van der Waals surface area contributed by atoms with Gasteiger partial charge in [0.1, 0.15) is 12.2 Å². The molecule has 1 atom stereocenters. The molecule has 1 fully saturated rings. The van der Waals surface area contributed by atoms with E-state index in [4.69, 9.17) is 5.73 Å². The number of anilines is 1. The van der Waals surface area contributed by atoms with Gasteiger partial charge in [-0.3, -0.25) is 5.10 Å². The van der Waals surface area contributed by atoms with E-state index >= 15 is 0 Å². The van der Waals surface area contributed by atoms with Gasteiger partial charge in [0.2, 0.25) is 0 Å². The molecule has 0 saturated carbocycles. The van der Waals surface area contributed by atoms with Gasteiger partial charge in [0, 0.05) is 17.1 Å². The number of nitrogens with two attached hydrogens (primary N) is 1. The molecule has 0 aliphatic carbocycles. The van der Waals surface area contributed by atoms with Crippen molar-refractivity contribution < 1.29 is 13.2 Å². The van der Waals surface area contributed by atoms with Crippen molar-refractivity contribution in [1.82, 2.24) is 19.7 Å². The number of H-pyrrole nitrogens is 1. The first kappa shape index (κ1) is 23.4. The standard InChI is InChI=1S/C26H29F3N6/c1-34-12-10-18(11-13-34)31-20-8-5-9-23-19(20)14-24(35(23)16-26(27,28)29)21-15-22(33-32-21)25(30)17-6-3-2-4-7-17/h2-9,14-15,18,25,31H,10-13,16,30H2,1H3,(H,32,33). The van der Waals surface area contributed by atoms with Gasteiger partial charge in [0.05, 0.1) is 22.9 Å². The van der Waals surface area contributed by atoms with E-state index < -0.39 is 18.8 Å². The third-order valence-electron chi connectivity index (χ3n) is 6.72. The maximum Gasteiger partial charge on any atom is 0.406 e. The summed E-state index contributed by atoms with van der Waals surface area (Å²) in [5.74, 6) is 0. The molecule has 1 saturated heterocycles. The molecule has 1 aliphatic heterocycles. The van der Waals surface area contributed by atoms with E-state index in [-0.39, 0.29) is 6.04 Å². The highest BCUT2D eigenvalue weighted by atomic mass is 19.4. The molecule has 4 N–H and O–H groups in total. The van der Waals surface area contributed by atoms with Crippen LogP contribution in [0.3, 0.4) is 0 Å². The van der Waals surface area contributed by atoms with Crippen LogP contribution in [0.1, 0.15) is 30.1 Å². The molecule has 0 radical (unpaired) electrons. The van der Waals surface area contributed by atoms with Crippen LogP contribution in [0.4, 0.5) is 18.9 Å². The van der Waals surface area contributed by atoms with Gasteiger partial charge in [-0.05, 0) is 62.8 Å². The van der Waals surface area contributed by atoms with Gasteiger partial charge >= 0.3 is 6.18 Å². The Labute approximate surface area is 201 Å². The largest absolute Gasteiger partial charge is 0.406 e. The number of benzene rings is 2. The Hall–Kier alpha value is -3.30. The lowest BCUT2D eigenvalue weighted by molar-refractivity contribution is -0.139. The van der Waals surface area contributed by atoms with Gasteiger partial charge in [-0.25, -0.2) is 0 Å². The number of aromatic amines is 1. The smallest absolute Gasteiger partial charge is 0.382 e. The summed E-state index contributed by atoms with van der Waals surface area (Å²) in [5.41, 5.74) is 10.1. The van der Waals surface area contributed by atoms with Crippen LogP contribution in [-0.2, 0) is 6.54 Å². The molecule has 2 aromatic heterocycles. The zero-order chi connectivity index (χ0) is 24.6. The molecule has 3 heterocycles. The normalized spacial score (nSPS) is 16.6. The van der Waals surface area contributed by atoms with Crippen LogP contribution in [-0.4, -0.2) is 52.0 Å². The fourth-order valence-electron chi connectivity index (χ4n) is 4.81. The van der Waals surface area contributed by atoms with Crippen molar-refractivity contribution in [2.45, 2.75) is 37.6 Å². The summed E-state index contributed by atoms with van der Waals surface area (Å²) in [7, 11) is 2.10. The Morgan fingerprint density at radius 3 is 2.54 bits per heavy atom. The fraction of sp³-hybridized carbons (Fsp3) is 0.346. The van der Waals surface area contributed by atoms with E-state index in [1.807, 2.05) is 36.4 Å². The van der Waals surface area contributed by atoms with Crippen molar-refractivity contribution in [3.05, 3.63) is 71.9 Å². The van der Waals surface area contributed by atoms with Gasteiger partial charge in [-0.15, -0.1) is 0 Å². The lowest BCUT2D eigenvalue weighted by Gasteiger charge is -2.30. The van der Waals surface area contributed by atoms with Crippen molar-refractivity contribution in [1.29, 1.82) is 0 Å². The Morgan fingerprint density at radius 2 is 1.83 bits per heavy atom. The van der Waals surface area contributed by atoms with Crippen LogP contribution < -0.4 is 11.1 Å². The third kappa shape index (κ3) is 5.06. The second kappa shape index (κ2) is 9.39. The molecule has 1 unspecified atom stereocenters. The SMILES string of the molecule is CN1CCC(Nc2cccc3c2cc(-c2cc(C(N)c4ccccc4)[nH]n2)n3CC(F)(F)F)CC1. The molecule has 5 rings (SSSR count). The van der Waals surface area contributed by atoms with Crippen LogP contribution in [0.15, 0.2) is 60.7 Å². The quantitative estimate of drug-likeness (QED) is 0.355. The van der Waals surface area contributed by atoms with Crippen molar-refractivity contribution in [2.75, 3.05) is 25.5 Å². The fourth-order valence-corrected chi connectivity index (χ4v) is 4.81. The predicted octanol–water partition coefficient (Wildman–Crippen LogP) is 5.15. The summed E-state index contributed by atoms with van der Waals surface area (Å²) in [6, 6.07) is 18.3. The van der Waals surface area contributed by atoms with E-state index in [1.54, 1.807) is 24.3 Å². The summed E-state index contributed by atoms with van der Waals surface area (Å²) >= 11 is 0. The first-order valence-electron chi connectivity index (χ1n) is 11.8. The monoisotopic (exact) mass is 482 g/mol. The summed E-state index contributed by atoms with van der Waals surface area (Å²) in [4.78, 5) is 2.28. The number of nitrogens with zero attached hydrogens (tertiary/aromatic N) is 3. The molecule has 9 heteroatoms. The highest BCUT2D eigenvalue weighted by Crippen LogP contribution is 2.36. The minimum Gasteiger partial charge on any atom is -0.382 e. The Balaban J connectivity index is 1.53. The molecule has 0 amide bonds. The number of nitrogens with one attached hydrogen (secondary N) is 2. The van der Waals surface area contributed by atoms with E-state index in [9.17, 15) is 13.2 Å². The maximum absolute atomic E-state index is 13.6. The summed E-state index contributed by atoms with van der Waals surface area (Å²) in [6.07, 6.45) is -2.40. The van der Waals surface area contributed by atoms with Gasteiger partial charge in [-0.2, -0.15) is 18.3 Å². The van der Waals surface area contributed by atoms with Crippen molar-refractivity contribution in [2.24, 2.45) is 5.73 Å². The Bertz CT molecular complexity index is 1290. The molecule has 0 spiro atoms. The molecule has 6 nitrogen and oxygen atoms in total. The zero-order valence-corrected chi connectivity index (χ0v) is 19.5. The molecule has 2 aromatic carbocycles. The molecular weight excluding hydrogens is 453 g/mol. The van der Waals surface area contributed by atoms with Crippen LogP contribution >= 0.6 is 0 Å². The second-order valence-electron chi connectivity index (χ2n) is 9.29. The molecule has 35 heavy (non-hydrogen) atoms. The minimum absolute atomic E-state index is 0.284. The first-order valence-corrected chi connectivity index (χ1v) is 11.8. The third-order valence-corrected chi connectivity index (χ3v) is 6.72. The average molecular weight is 483 g/mol. The number of likely N-dealkylation sites (tertiary alicyclic amines) is 1. The lowest BCUT2D eigenvalue weighted by Crippen LogP contribution is -2.36. The number of piperidine rings is 1. The van der Waals surface area contributed by atoms with Crippen LogP contribution in [0.25, 0.3) is 22.3 Å². The van der Waals surface area contributed by atoms with Crippen molar-refractivity contribution in [3.8, 4) is 11.4 Å².